The highest BCUT2D eigenvalue weighted by Crippen LogP contribution is 2.29. The van der Waals surface area contributed by atoms with Crippen LogP contribution >= 0.6 is 0 Å². The van der Waals surface area contributed by atoms with E-state index in [0.717, 1.165) is 0 Å². The number of hydrogen-bond acceptors (Lipinski definition) is 32. The number of carbonyl (C=O) groups excluding carboxylic acids is 4. The lowest BCUT2D eigenvalue weighted by Gasteiger charge is -2.40. The minimum Gasteiger partial charge on any atom is -0.394 e. The van der Waals surface area contributed by atoms with Gasteiger partial charge in [-0.2, -0.15) is 0 Å². The third-order valence-electron chi connectivity index (χ3n) is 15.7. The van der Waals surface area contributed by atoms with Crippen LogP contribution in [-0.4, -0.2) is 380 Å². The smallest absolute Gasteiger partial charge is 0.222 e. The molecule has 3 heterocycles. The van der Waals surface area contributed by atoms with Crippen molar-refractivity contribution in [3.63, 3.8) is 0 Å². The summed E-state index contributed by atoms with van der Waals surface area (Å²) in [7, 11) is 0. The van der Waals surface area contributed by atoms with Gasteiger partial charge in [-0.25, -0.2) is 0 Å². The van der Waals surface area contributed by atoms with E-state index in [0.29, 0.717) is 33.0 Å². The van der Waals surface area contributed by atoms with Gasteiger partial charge < -0.3 is 157 Å². The number of amides is 4. The predicted molar refractivity (Wildman–Crippen MR) is 343 cm³/mol. The Bertz CT molecular complexity index is 1850. The van der Waals surface area contributed by atoms with Crippen molar-refractivity contribution in [3.05, 3.63) is 0 Å². The van der Waals surface area contributed by atoms with Gasteiger partial charge in [0.1, 0.15) is 42.2 Å². The third-order valence-corrected chi connectivity index (χ3v) is 15.7. The van der Waals surface area contributed by atoms with Crippen molar-refractivity contribution < 1.29 is 155 Å². The second kappa shape index (κ2) is 56.2. The Morgan fingerprint density at radius 1 is 0.323 bits per heavy atom. The van der Waals surface area contributed by atoms with Gasteiger partial charge in [-0.15, -0.1) is 0 Å². The van der Waals surface area contributed by atoms with E-state index >= 15 is 0 Å². The molecule has 3 saturated heterocycles. The summed E-state index contributed by atoms with van der Waals surface area (Å²) in [5.74, 6) is -3.13. The van der Waals surface area contributed by atoms with E-state index in [4.69, 9.17) is 90.0 Å². The SMILES string of the molecule is CCOCCOCCOCCOCCC(=O)NC(COCCC(=O)NCCOCCOCCOC1OC(CO)C(O)C(O)C1C)(COCCC(=O)NCCOCCOCCOC1OC(CO)C(O)C(O)C1C)COCCC(=O)NCCOCCOCCOC1OC(CO)C(O)C(O)C1C. The van der Waals surface area contributed by atoms with Crippen LogP contribution in [0, 0.1) is 17.8 Å². The number of nitrogens with one attached hydrogen (secondary N) is 4. The molecule has 3 aliphatic heterocycles. The maximum Gasteiger partial charge on any atom is 0.222 e. The van der Waals surface area contributed by atoms with Crippen LogP contribution in [-0.2, 0) is 109 Å². The first-order chi connectivity index (χ1) is 47.9. The fraction of sp³-hybridized carbons (Fsp3) is 0.937. The summed E-state index contributed by atoms with van der Waals surface area (Å²) in [6, 6.07) is 0. The van der Waals surface area contributed by atoms with Gasteiger partial charge in [0, 0.05) is 69.7 Å². The number of carbonyl (C=O) groups is 4. The molecule has 0 spiro atoms. The second-order valence-corrected chi connectivity index (χ2v) is 23.6. The molecule has 582 valence electrons. The molecule has 36 nitrogen and oxygen atoms in total. The number of rotatable bonds is 62. The second-order valence-electron chi connectivity index (χ2n) is 23.6. The Morgan fingerprint density at radius 2 is 0.566 bits per heavy atom. The minimum absolute atomic E-state index is 0.0226. The van der Waals surface area contributed by atoms with Gasteiger partial charge in [0.2, 0.25) is 23.6 Å². The maximum absolute atomic E-state index is 13.7. The van der Waals surface area contributed by atoms with E-state index in [-0.39, 0.29) is 222 Å². The van der Waals surface area contributed by atoms with E-state index in [1.54, 1.807) is 20.8 Å². The summed E-state index contributed by atoms with van der Waals surface area (Å²) in [5, 5.41) is 100. The first kappa shape index (κ1) is 90.0. The largest absolute Gasteiger partial charge is 0.394 e. The first-order valence-electron chi connectivity index (χ1n) is 34.3. The molecule has 0 aromatic heterocycles. The lowest BCUT2D eigenvalue weighted by atomic mass is 9.92. The van der Waals surface area contributed by atoms with Crippen LogP contribution in [0.25, 0.3) is 0 Å². The Morgan fingerprint density at radius 3 is 0.848 bits per heavy atom. The molecule has 36 heteroatoms. The molecule has 0 saturated carbocycles. The molecular weight excluding hydrogens is 1320 g/mol. The van der Waals surface area contributed by atoms with Crippen molar-refractivity contribution in [2.24, 2.45) is 17.8 Å². The Hall–Kier alpha value is -3.24. The van der Waals surface area contributed by atoms with E-state index in [2.05, 4.69) is 21.3 Å². The molecule has 99 heavy (non-hydrogen) atoms. The average Bonchev–Trinajstić information content (AvgIpc) is 0.841. The van der Waals surface area contributed by atoms with Crippen LogP contribution in [0.4, 0.5) is 0 Å². The van der Waals surface area contributed by atoms with Gasteiger partial charge in [0.15, 0.2) is 18.9 Å². The molecule has 15 unspecified atom stereocenters. The molecule has 3 rings (SSSR count). The van der Waals surface area contributed by atoms with Crippen molar-refractivity contribution in [2.75, 3.05) is 231 Å². The molecular formula is C63H118N4O32. The van der Waals surface area contributed by atoms with Crippen LogP contribution in [0.1, 0.15) is 53.4 Å². The number of ether oxygens (including phenoxy) is 19. The zero-order valence-corrected chi connectivity index (χ0v) is 58.2. The standard InChI is InChI=1S/C63H118N4O32/c1-5-81-20-21-86-30-31-87-26-22-82-13-9-53(74)67-63(41-91-14-6-50(71)64-10-17-83-23-27-88-32-35-94-60-44(2)54(75)57(78)47(38-68)97-60,42-92-15-7-51(72)65-11-18-84-24-28-89-33-36-95-61-45(3)55(76)58(79)48(39-69)98-61)43-93-16-8-52(73)66-12-19-85-25-29-90-34-37-96-62-46(4)56(77)59(80)49(40-70)99-62/h44-49,54-62,68-70,75-80H,5-43H2,1-4H3,(H,64,71)(H,65,72)(H,66,73)(H,67,74). The van der Waals surface area contributed by atoms with Crippen LogP contribution in [0.3, 0.4) is 0 Å². The fourth-order valence-electron chi connectivity index (χ4n) is 9.78. The van der Waals surface area contributed by atoms with Crippen molar-refractivity contribution in [3.8, 4) is 0 Å². The first-order valence-corrected chi connectivity index (χ1v) is 34.3. The van der Waals surface area contributed by atoms with Crippen LogP contribution in [0.5, 0.6) is 0 Å². The lowest BCUT2D eigenvalue weighted by molar-refractivity contribution is -0.284. The molecule has 13 N–H and O–H groups in total. The third kappa shape index (κ3) is 38.9. The molecule has 0 bridgehead atoms. The highest BCUT2D eigenvalue weighted by Gasteiger charge is 2.45. The predicted octanol–water partition coefficient (Wildman–Crippen LogP) is -5.74. The van der Waals surface area contributed by atoms with Crippen LogP contribution in [0.2, 0.25) is 0 Å². The molecule has 0 aliphatic carbocycles. The summed E-state index contributed by atoms with van der Waals surface area (Å²) in [5.41, 5.74) is -1.41. The molecule has 15 atom stereocenters. The molecule has 3 aliphatic rings. The zero-order chi connectivity index (χ0) is 72.3. The molecule has 0 aromatic carbocycles. The number of aliphatic hydroxyl groups excluding tert-OH is 9. The maximum atomic E-state index is 13.7. The quantitative estimate of drug-likeness (QED) is 0.0252. The minimum atomic E-state index is -1.41. The summed E-state index contributed by atoms with van der Waals surface area (Å²) in [4.78, 5) is 52.4. The Labute approximate surface area is 579 Å². The topological polar surface area (TPSA) is 474 Å². The van der Waals surface area contributed by atoms with Gasteiger partial charge in [-0.1, -0.05) is 20.8 Å². The van der Waals surface area contributed by atoms with Gasteiger partial charge >= 0.3 is 0 Å². The van der Waals surface area contributed by atoms with E-state index in [1.807, 2.05) is 6.92 Å². The normalized spacial score (nSPS) is 26.3. The summed E-state index contributed by atoms with van der Waals surface area (Å²) < 4.78 is 107. The number of hydrogen-bond donors (Lipinski definition) is 13. The van der Waals surface area contributed by atoms with Crippen molar-refractivity contribution in [2.45, 2.75) is 133 Å². The fourth-order valence-corrected chi connectivity index (χ4v) is 9.78. The number of aliphatic hydroxyl groups is 9. The van der Waals surface area contributed by atoms with E-state index < -0.39 is 123 Å². The van der Waals surface area contributed by atoms with Crippen LogP contribution in [0.15, 0.2) is 0 Å². The van der Waals surface area contributed by atoms with Crippen molar-refractivity contribution in [1.29, 1.82) is 0 Å². The van der Waals surface area contributed by atoms with Gasteiger partial charge in [-0.05, 0) is 6.92 Å². The highest BCUT2D eigenvalue weighted by molar-refractivity contribution is 5.77. The van der Waals surface area contributed by atoms with Crippen molar-refractivity contribution in [1.82, 2.24) is 21.3 Å². The van der Waals surface area contributed by atoms with Gasteiger partial charge in [0.25, 0.3) is 0 Å². The monoisotopic (exact) mass is 1440 g/mol. The molecule has 3 fully saturated rings. The zero-order valence-electron chi connectivity index (χ0n) is 58.2. The van der Waals surface area contributed by atoms with Gasteiger partial charge in [-0.3, -0.25) is 19.2 Å². The van der Waals surface area contributed by atoms with Crippen LogP contribution < -0.4 is 21.3 Å². The Balaban J connectivity index is 1.49. The summed E-state index contributed by atoms with van der Waals surface area (Å²) in [6.07, 6.45) is -12.8. The summed E-state index contributed by atoms with van der Waals surface area (Å²) >= 11 is 0. The Kier molecular flexibility index (Phi) is 51.1. The molecule has 0 aromatic rings. The summed E-state index contributed by atoms with van der Waals surface area (Å²) in [6.45, 7) is 10.5. The molecule has 4 amide bonds. The average molecular weight is 1440 g/mol. The lowest BCUT2D eigenvalue weighted by Crippen LogP contribution is -2.59. The highest BCUT2D eigenvalue weighted by atomic mass is 16.7. The van der Waals surface area contributed by atoms with Gasteiger partial charge in [0.05, 0.1) is 223 Å². The van der Waals surface area contributed by atoms with Crippen molar-refractivity contribution >= 4 is 23.6 Å². The molecule has 0 radical (unpaired) electrons. The van der Waals surface area contributed by atoms with E-state index in [9.17, 15) is 65.1 Å². The van der Waals surface area contributed by atoms with E-state index in [1.165, 1.54) is 0 Å².